The highest BCUT2D eigenvalue weighted by Crippen LogP contribution is 2.37. The molecule has 16 heavy (non-hydrogen) atoms. The predicted octanol–water partition coefficient (Wildman–Crippen LogP) is 3.17. The Morgan fingerprint density at radius 3 is 2.88 bits per heavy atom. The summed E-state index contributed by atoms with van der Waals surface area (Å²) in [7, 11) is 0. The first kappa shape index (κ1) is 11.8. The van der Waals surface area contributed by atoms with E-state index in [2.05, 4.69) is 5.43 Å². The molecule has 0 spiro atoms. The molecule has 0 saturated heterocycles. The van der Waals surface area contributed by atoms with Gasteiger partial charge in [-0.05, 0) is 30.4 Å². The lowest BCUT2D eigenvalue weighted by molar-refractivity contribution is 0.479. The molecule has 1 aliphatic carbocycles. The second-order valence-electron chi connectivity index (χ2n) is 4.38. The van der Waals surface area contributed by atoms with Crippen LogP contribution in [0.3, 0.4) is 0 Å². The van der Waals surface area contributed by atoms with Crippen molar-refractivity contribution in [3.8, 4) is 0 Å². The van der Waals surface area contributed by atoms with Gasteiger partial charge in [-0.3, -0.25) is 11.3 Å². The van der Waals surface area contributed by atoms with Gasteiger partial charge in [0, 0.05) is 6.04 Å². The number of nitrogens with one attached hydrogen (secondary N) is 1. The average molecular weight is 243 g/mol. The minimum absolute atomic E-state index is 0.0520. The van der Waals surface area contributed by atoms with Crippen molar-refractivity contribution in [3.05, 3.63) is 34.6 Å². The van der Waals surface area contributed by atoms with Crippen LogP contribution >= 0.6 is 11.6 Å². The van der Waals surface area contributed by atoms with Gasteiger partial charge in [0.05, 0.1) is 5.02 Å². The van der Waals surface area contributed by atoms with Crippen molar-refractivity contribution in [3.63, 3.8) is 0 Å². The summed E-state index contributed by atoms with van der Waals surface area (Å²) in [5, 5.41) is 0.182. The molecule has 1 aromatic carbocycles. The second kappa shape index (κ2) is 5.13. The number of halogens is 2. The summed E-state index contributed by atoms with van der Waals surface area (Å²) in [5.74, 6) is 5.95. The van der Waals surface area contributed by atoms with Crippen molar-refractivity contribution >= 4 is 11.6 Å². The Kier molecular flexibility index (Phi) is 3.79. The Hall–Kier alpha value is -0.640. The fraction of sp³-hybridized carbons (Fsp3) is 0.500. The Labute approximate surface area is 99.9 Å². The van der Waals surface area contributed by atoms with Gasteiger partial charge >= 0.3 is 0 Å². The molecule has 0 aromatic heterocycles. The zero-order valence-corrected chi connectivity index (χ0v) is 9.80. The lowest BCUT2D eigenvalue weighted by atomic mass is 10.0. The first-order valence-electron chi connectivity index (χ1n) is 5.62. The summed E-state index contributed by atoms with van der Waals surface area (Å²) in [4.78, 5) is 0. The van der Waals surface area contributed by atoms with Crippen molar-refractivity contribution < 1.29 is 4.39 Å². The van der Waals surface area contributed by atoms with Gasteiger partial charge in [0.25, 0.3) is 0 Å². The summed E-state index contributed by atoms with van der Waals surface area (Å²) in [6.07, 6.45) is 4.66. The maximum absolute atomic E-state index is 13.3. The van der Waals surface area contributed by atoms with E-state index in [-0.39, 0.29) is 16.9 Å². The van der Waals surface area contributed by atoms with E-state index in [1.807, 2.05) is 6.07 Å². The van der Waals surface area contributed by atoms with Crippen LogP contribution in [0.2, 0.25) is 5.02 Å². The smallest absolute Gasteiger partial charge is 0.142 e. The molecule has 3 N–H and O–H groups in total. The molecule has 1 saturated carbocycles. The second-order valence-corrected chi connectivity index (χ2v) is 4.76. The maximum atomic E-state index is 13.3. The molecule has 2 rings (SSSR count). The van der Waals surface area contributed by atoms with Gasteiger partial charge in [-0.15, -0.1) is 0 Å². The average Bonchev–Trinajstić information content (AvgIpc) is 3.08. The maximum Gasteiger partial charge on any atom is 0.142 e. The topological polar surface area (TPSA) is 38.0 Å². The normalized spacial score (nSPS) is 17.4. The highest BCUT2D eigenvalue weighted by molar-refractivity contribution is 6.31. The molecule has 1 aliphatic rings. The number of hydrazine groups is 1. The molecule has 0 bridgehead atoms. The molecule has 0 amide bonds. The Morgan fingerprint density at radius 2 is 2.25 bits per heavy atom. The lowest BCUT2D eigenvalue weighted by Gasteiger charge is -2.17. The molecule has 0 radical (unpaired) electrons. The first-order valence-corrected chi connectivity index (χ1v) is 6.00. The van der Waals surface area contributed by atoms with Gasteiger partial charge in [0.15, 0.2) is 0 Å². The fourth-order valence-electron chi connectivity index (χ4n) is 1.93. The van der Waals surface area contributed by atoms with Crippen LogP contribution in [0, 0.1) is 11.7 Å². The van der Waals surface area contributed by atoms with Crippen LogP contribution in [0.5, 0.6) is 0 Å². The van der Waals surface area contributed by atoms with E-state index in [9.17, 15) is 4.39 Å². The van der Waals surface area contributed by atoms with E-state index < -0.39 is 0 Å². The molecule has 1 fully saturated rings. The quantitative estimate of drug-likeness (QED) is 0.615. The minimum atomic E-state index is -0.383. The van der Waals surface area contributed by atoms with E-state index in [1.54, 1.807) is 6.07 Å². The van der Waals surface area contributed by atoms with Crippen molar-refractivity contribution in [1.29, 1.82) is 0 Å². The Bertz CT molecular complexity index is 366. The molecule has 0 aliphatic heterocycles. The number of nitrogens with two attached hydrogens (primary N) is 1. The van der Waals surface area contributed by atoms with Gasteiger partial charge < -0.3 is 0 Å². The third-order valence-corrected chi connectivity index (χ3v) is 3.52. The standard InChI is InChI=1S/C12H16ClFN2/c13-12-9(2-1-3-10(12)14)11(16-15)7-6-8-4-5-8/h1-3,8,11,16H,4-7,15H2. The monoisotopic (exact) mass is 242 g/mol. The van der Waals surface area contributed by atoms with Crippen molar-refractivity contribution in [1.82, 2.24) is 5.43 Å². The SMILES string of the molecule is NNC(CCC1CC1)c1cccc(F)c1Cl. The van der Waals surface area contributed by atoms with Crippen molar-refractivity contribution in [2.75, 3.05) is 0 Å². The third-order valence-electron chi connectivity index (χ3n) is 3.12. The van der Waals surface area contributed by atoms with Gasteiger partial charge in [0.2, 0.25) is 0 Å². The van der Waals surface area contributed by atoms with E-state index in [1.165, 1.54) is 18.9 Å². The van der Waals surface area contributed by atoms with E-state index in [0.717, 1.165) is 24.3 Å². The molecule has 4 heteroatoms. The summed E-state index contributed by atoms with van der Waals surface area (Å²) in [6.45, 7) is 0. The summed E-state index contributed by atoms with van der Waals surface area (Å²) >= 11 is 5.93. The molecule has 1 atom stereocenters. The number of hydrogen-bond acceptors (Lipinski definition) is 2. The van der Waals surface area contributed by atoms with Gasteiger partial charge in [-0.25, -0.2) is 4.39 Å². The van der Waals surface area contributed by atoms with Crippen LogP contribution in [0.25, 0.3) is 0 Å². The number of benzene rings is 1. The third kappa shape index (κ3) is 2.73. The largest absolute Gasteiger partial charge is 0.271 e. The van der Waals surface area contributed by atoms with Crippen molar-refractivity contribution in [2.45, 2.75) is 31.7 Å². The molecule has 1 aromatic rings. The first-order chi connectivity index (χ1) is 7.72. The van der Waals surface area contributed by atoms with Crippen LogP contribution < -0.4 is 11.3 Å². The lowest BCUT2D eigenvalue weighted by Crippen LogP contribution is -2.28. The summed E-state index contributed by atoms with van der Waals surface area (Å²) in [5.41, 5.74) is 3.47. The number of rotatable bonds is 5. The van der Waals surface area contributed by atoms with E-state index in [4.69, 9.17) is 17.4 Å². The van der Waals surface area contributed by atoms with Crippen molar-refractivity contribution in [2.24, 2.45) is 11.8 Å². The van der Waals surface area contributed by atoms with Gasteiger partial charge in [0.1, 0.15) is 5.82 Å². The Balaban J connectivity index is 2.08. The highest BCUT2D eigenvalue weighted by Gasteiger charge is 2.23. The molecule has 88 valence electrons. The van der Waals surface area contributed by atoms with Crippen LogP contribution in [-0.4, -0.2) is 0 Å². The van der Waals surface area contributed by atoms with Gasteiger partial charge in [-0.2, -0.15) is 0 Å². The number of hydrogen-bond donors (Lipinski definition) is 2. The van der Waals surface area contributed by atoms with Crippen LogP contribution in [0.15, 0.2) is 18.2 Å². The minimum Gasteiger partial charge on any atom is -0.271 e. The van der Waals surface area contributed by atoms with Gasteiger partial charge in [-0.1, -0.05) is 36.6 Å². The van der Waals surface area contributed by atoms with E-state index in [0.29, 0.717) is 0 Å². The zero-order chi connectivity index (χ0) is 11.5. The highest BCUT2D eigenvalue weighted by atomic mass is 35.5. The zero-order valence-electron chi connectivity index (χ0n) is 9.05. The molecule has 2 nitrogen and oxygen atoms in total. The van der Waals surface area contributed by atoms with Crippen LogP contribution in [0.1, 0.15) is 37.3 Å². The molecule has 0 heterocycles. The molecular weight excluding hydrogens is 227 g/mol. The Morgan fingerprint density at radius 1 is 1.50 bits per heavy atom. The van der Waals surface area contributed by atoms with Crippen LogP contribution in [0.4, 0.5) is 4.39 Å². The van der Waals surface area contributed by atoms with E-state index >= 15 is 0 Å². The summed E-state index contributed by atoms with van der Waals surface area (Å²) < 4.78 is 13.3. The molecule has 1 unspecified atom stereocenters. The fourth-order valence-corrected chi connectivity index (χ4v) is 2.18. The van der Waals surface area contributed by atoms with Crippen LogP contribution in [-0.2, 0) is 0 Å². The molecular formula is C12H16ClFN2. The predicted molar refractivity (Wildman–Crippen MR) is 63.4 cm³/mol. The summed E-state index contributed by atoms with van der Waals surface area (Å²) in [6, 6.07) is 4.80.